The molecule has 5 heteroatoms. The van der Waals surface area contributed by atoms with Gasteiger partial charge >= 0.3 is 5.69 Å². The standard InChI is InChI=1S/C11H9N3O2/c12-11-10(8-4-2-1-3-5-8)6-9(7-13-11)14(15)16/h1-7H,(H2,12,13)/p+1. The van der Waals surface area contributed by atoms with E-state index in [2.05, 4.69) is 4.98 Å². The molecule has 0 fully saturated rings. The van der Waals surface area contributed by atoms with Crippen molar-refractivity contribution in [2.75, 3.05) is 5.73 Å². The van der Waals surface area contributed by atoms with E-state index in [1.165, 1.54) is 12.3 Å². The second kappa shape index (κ2) is 3.98. The molecule has 0 bridgehead atoms. The van der Waals surface area contributed by atoms with Crippen molar-refractivity contribution < 1.29 is 9.91 Å². The highest BCUT2D eigenvalue weighted by Crippen LogP contribution is 2.25. The van der Waals surface area contributed by atoms with Crippen LogP contribution in [0, 0.1) is 10.1 Å². The van der Waals surface area contributed by atoms with Crippen molar-refractivity contribution in [3.8, 4) is 11.1 Å². The van der Waals surface area contributed by atoms with Crippen LogP contribution in [0.15, 0.2) is 42.6 Å². The first-order valence-corrected chi connectivity index (χ1v) is 4.69. The highest BCUT2D eigenvalue weighted by atomic mass is 16.6. The molecule has 5 nitrogen and oxygen atoms in total. The molecule has 1 aromatic heterocycles. The van der Waals surface area contributed by atoms with E-state index in [0.29, 0.717) is 11.4 Å². The zero-order valence-corrected chi connectivity index (χ0v) is 8.38. The van der Waals surface area contributed by atoms with Crippen molar-refractivity contribution in [2.45, 2.75) is 0 Å². The van der Waals surface area contributed by atoms with Crippen molar-refractivity contribution in [2.24, 2.45) is 0 Å². The van der Waals surface area contributed by atoms with Gasteiger partial charge < -0.3 is 0 Å². The lowest BCUT2D eigenvalue weighted by atomic mass is 10.1. The van der Waals surface area contributed by atoms with Crippen LogP contribution in [0.1, 0.15) is 0 Å². The molecule has 0 unspecified atom stereocenters. The Kier molecular flexibility index (Phi) is 2.51. The lowest BCUT2D eigenvalue weighted by Crippen LogP contribution is -2.12. The predicted molar refractivity (Wildman–Crippen MR) is 59.5 cm³/mol. The van der Waals surface area contributed by atoms with E-state index < -0.39 is 4.92 Å². The first kappa shape index (κ1) is 10.1. The van der Waals surface area contributed by atoms with Gasteiger partial charge in [-0.1, -0.05) is 30.3 Å². The highest BCUT2D eigenvalue weighted by molar-refractivity contribution is 5.73. The molecular weight excluding hydrogens is 206 g/mol. The molecule has 3 N–H and O–H groups in total. The molecule has 0 saturated heterocycles. The Balaban J connectivity index is 2.56. The first-order chi connectivity index (χ1) is 7.68. The van der Waals surface area contributed by atoms with Gasteiger partial charge in [0.2, 0.25) is 0 Å². The third-order valence-electron chi connectivity index (χ3n) is 2.25. The van der Waals surface area contributed by atoms with E-state index >= 15 is 0 Å². The molecule has 2 rings (SSSR count). The Morgan fingerprint density at radius 2 is 1.94 bits per heavy atom. The number of hydrogen-bond acceptors (Lipinski definition) is 3. The summed E-state index contributed by atoms with van der Waals surface area (Å²) in [5, 5.41) is 10.6. The fourth-order valence-corrected chi connectivity index (χ4v) is 1.46. The summed E-state index contributed by atoms with van der Waals surface area (Å²) < 4.78 is 0. The van der Waals surface area contributed by atoms with Crippen LogP contribution in [0.25, 0.3) is 11.1 Å². The average molecular weight is 216 g/mol. The van der Waals surface area contributed by atoms with Crippen LogP contribution in [-0.2, 0) is 0 Å². The van der Waals surface area contributed by atoms with Crippen molar-refractivity contribution >= 4 is 11.5 Å². The number of aromatic nitrogens is 1. The van der Waals surface area contributed by atoms with Gasteiger partial charge in [-0.2, -0.15) is 0 Å². The van der Waals surface area contributed by atoms with E-state index in [0.717, 1.165) is 5.56 Å². The van der Waals surface area contributed by atoms with Crippen LogP contribution >= 0.6 is 0 Å². The fraction of sp³-hybridized carbons (Fsp3) is 0. The second-order valence-corrected chi connectivity index (χ2v) is 3.31. The van der Waals surface area contributed by atoms with Crippen molar-refractivity contribution in [1.82, 2.24) is 0 Å². The molecule has 0 saturated carbocycles. The molecule has 0 atom stereocenters. The van der Waals surface area contributed by atoms with Gasteiger partial charge in [-0.3, -0.25) is 15.8 Å². The summed E-state index contributed by atoms with van der Waals surface area (Å²) in [6.45, 7) is 0. The minimum Gasteiger partial charge on any atom is -0.287 e. The fourth-order valence-electron chi connectivity index (χ4n) is 1.46. The molecule has 0 amide bonds. The molecule has 1 aromatic carbocycles. The number of aromatic amines is 1. The van der Waals surface area contributed by atoms with Crippen LogP contribution in [0.2, 0.25) is 0 Å². The molecular formula is C11H10N3O2+. The van der Waals surface area contributed by atoms with Gasteiger partial charge in [-0.15, -0.1) is 0 Å². The molecule has 16 heavy (non-hydrogen) atoms. The number of pyridine rings is 1. The number of H-pyrrole nitrogens is 1. The van der Waals surface area contributed by atoms with E-state index in [1.807, 2.05) is 30.3 Å². The summed E-state index contributed by atoms with van der Waals surface area (Å²) in [6.07, 6.45) is 1.28. The number of hydrogen-bond donors (Lipinski definition) is 1. The molecule has 80 valence electrons. The SMILES string of the molecule is Nc1[nH+]cc([N+](=O)[O-])cc1-c1ccccc1. The van der Waals surface area contributed by atoms with Gasteiger partial charge in [0.1, 0.15) is 0 Å². The number of nitrogen functional groups attached to an aromatic ring is 1. The normalized spacial score (nSPS) is 10.0. The molecule has 0 aliphatic carbocycles. The summed E-state index contributed by atoms with van der Waals surface area (Å²) >= 11 is 0. The average Bonchev–Trinajstić information content (AvgIpc) is 2.30. The molecule has 1 heterocycles. The van der Waals surface area contributed by atoms with Crippen LogP contribution in [0.5, 0.6) is 0 Å². The number of rotatable bonds is 2. The lowest BCUT2D eigenvalue weighted by Gasteiger charge is -2.00. The lowest BCUT2D eigenvalue weighted by molar-refractivity contribution is -0.412. The minimum atomic E-state index is -0.456. The van der Waals surface area contributed by atoms with Crippen LogP contribution < -0.4 is 10.7 Å². The van der Waals surface area contributed by atoms with Crippen molar-refractivity contribution in [3.63, 3.8) is 0 Å². The van der Waals surface area contributed by atoms with Crippen LogP contribution in [0.3, 0.4) is 0 Å². The van der Waals surface area contributed by atoms with E-state index in [4.69, 9.17) is 5.73 Å². The number of benzene rings is 1. The first-order valence-electron chi connectivity index (χ1n) is 4.69. The maximum atomic E-state index is 10.6. The topological polar surface area (TPSA) is 83.3 Å². The summed E-state index contributed by atoms with van der Waals surface area (Å²) in [6, 6.07) is 10.7. The molecule has 0 spiro atoms. The third kappa shape index (κ3) is 1.83. The summed E-state index contributed by atoms with van der Waals surface area (Å²) in [5.74, 6) is 0.414. The maximum Gasteiger partial charge on any atom is 0.308 e. The summed E-state index contributed by atoms with van der Waals surface area (Å²) in [5.41, 5.74) is 7.22. The van der Waals surface area contributed by atoms with Gasteiger partial charge in [0.15, 0.2) is 6.20 Å². The number of anilines is 1. The maximum absolute atomic E-state index is 10.6. The van der Waals surface area contributed by atoms with Crippen LogP contribution in [-0.4, -0.2) is 4.92 Å². The Hall–Kier alpha value is -2.43. The largest absolute Gasteiger partial charge is 0.308 e. The van der Waals surface area contributed by atoms with Crippen molar-refractivity contribution in [3.05, 3.63) is 52.7 Å². The Morgan fingerprint density at radius 1 is 1.25 bits per heavy atom. The van der Waals surface area contributed by atoms with Gasteiger partial charge in [0, 0.05) is 6.07 Å². The summed E-state index contributed by atoms with van der Waals surface area (Å²) in [4.78, 5) is 12.9. The molecule has 0 aliphatic rings. The highest BCUT2D eigenvalue weighted by Gasteiger charge is 2.14. The molecule has 0 radical (unpaired) electrons. The van der Waals surface area contributed by atoms with Gasteiger partial charge in [0.05, 0.1) is 10.5 Å². The Labute approximate surface area is 91.7 Å². The zero-order valence-electron chi connectivity index (χ0n) is 8.38. The number of nitrogens with one attached hydrogen (secondary N) is 1. The van der Waals surface area contributed by atoms with E-state index in [9.17, 15) is 10.1 Å². The van der Waals surface area contributed by atoms with Gasteiger partial charge in [0.25, 0.3) is 5.82 Å². The zero-order chi connectivity index (χ0) is 11.5. The number of nitrogens with zero attached hydrogens (tertiary/aromatic N) is 1. The van der Waals surface area contributed by atoms with E-state index in [1.54, 1.807) is 0 Å². The van der Waals surface area contributed by atoms with Crippen molar-refractivity contribution in [1.29, 1.82) is 0 Å². The predicted octanol–water partition coefficient (Wildman–Crippen LogP) is 1.66. The summed E-state index contributed by atoms with van der Waals surface area (Å²) in [7, 11) is 0. The van der Waals surface area contributed by atoms with Gasteiger partial charge in [-0.25, -0.2) is 4.98 Å². The Morgan fingerprint density at radius 3 is 2.56 bits per heavy atom. The monoisotopic (exact) mass is 216 g/mol. The van der Waals surface area contributed by atoms with E-state index in [-0.39, 0.29) is 5.69 Å². The Bertz CT molecular complexity index is 526. The number of nitro groups is 1. The van der Waals surface area contributed by atoms with Gasteiger partial charge in [-0.05, 0) is 5.56 Å². The minimum absolute atomic E-state index is 0.00643. The smallest absolute Gasteiger partial charge is 0.287 e. The molecule has 0 aliphatic heterocycles. The second-order valence-electron chi connectivity index (χ2n) is 3.31. The third-order valence-corrected chi connectivity index (χ3v) is 2.25. The van der Waals surface area contributed by atoms with Crippen LogP contribution in [0.4, 0.5) is 11.5 Å². The quantitative estimate of drug-likeness (QED) is 0.612. The molecule has 2 aromatic rings. The number of nitrogens with two attached hydrogens (primary N) is 1.